The Morgan fingerprint density at radius 2 is 2.14 bits per heavy atom. The molecular formula is C10H11BrN2S. The predicted octanol–water partition coefficient (Wildman–Crippen LogP) is 3.58. The van der Waals surface area contributed by atoms with Crippen molar-refractivity contribution in [3.05, 3.63) is 23.5 Å². The van der Waals surface area contributed by atoms with Gasteiger partial charge >= 0.3 is 0 Å². The number of fused-ring (bicyclic) bond motifs is 1. The van der Waals surface area contributed by atoms with Crippen LogP contribution in [-0.4, -0.2) is 14.8 Å². The number of hydrogen-bond donors (Lipinski definition) is 0. The van der Waals surface area contributed by atoms with E-state index >= 15 is 0 Å². The smallest absolute Gasteiger partial charge is 0.126 e. The maximum Gasteiger partial charge on any atom is 0.126 e. The molecule has 0 saturated heterocycles. The van der Waals surface area contributed by atoms with Crippen LogP contribution >= 0.6 is 27.3 Å². The number of rotatable bonds is 2. The Hall–Kier alpha value is -0.480. The van der Waals surface area contributed by atoms with Crippen molar-refractivity contribution >= 4 is 37.5 Å². The van der Waals surface area contributed by atoms with Crippen molar-refractivity contribution in [3.8, 4) is 0 Å². The van der Waals surface area contributed by atoms with Crippen LogP contribution in [0.4, 0.5) is 0 Å². The van der Waals surface area contributed by atoms with Crippen molar-refractivity contribution in [1.29, 1.82) is 0 Å². The van der Waals surface area contributed by atoms with E-state index in [0.717, 1.165) is 10.5 Å². The third kappa shape index (κ3) is 1.68. The molecule has 74 valence electrons. The van der Waals surface area contributed by atoms with Gasteiger partial charge in [0, 0.05) is 16.1 Å². The minimum absolute atomic E-state index is 0.412. The second kappa shape index (κ2) is 3.95. The van der Waals surface area contributed by atoms with Crippen LogP contribution in [0.2, 0.25) is 0 Å². The van der Waals surface area contributed by atoms with Gasteiger partial charge in [0.15, 0.2) is 0 Å². The molecule has 2 heterocycles. The SMILES string of the molecule is CC(Br)C(C)c1ncnc2sccc12. The molecule has 2 aromatic rings. The first-order chi connectivity index (χ1) is 6.70. The summed E-state index contributed by atoms with van der Waals surface area (Å²) in [5.74, 6) is 0.412. The number of halogens is 1. The van der Waals surface area contributed by atoms with Crippen molar-refractivity contribution < 1.29 is 0 Å². The minimum Gasteiger partial charge on any atom is -0.240 e. The molecule has 2 atom stereocenters. The zero-order valence-corrected chi connectivity index (χ0v) is 10.5. The van der Waals surface area contributed by atoms with Gasteiger partial charge in [-0.2, -0.15) is 0 Å². The van der Waals surface area contributed by atoms with Gasteiger partial charge in [0.25, 0.3) is 0 Å². The van der Waals surface area contributed by atoms with Crippen LogP contribution in [0.5, 0.6) is 0 Å². The van der Waals surface area contributed by atoms with Gasteiger partial charge in [-0.15, -0.1) is 11.3 Å². The number of nitrogens with zero attached hydrogens (tertiary/aromatic N) is 2. The van der Waals surface area contributed by atoms with Crippen LogP contribution in [0.3, 0.4) is 0 Å². The fourth-order valence-electron chi connectivity index (χ4n) is 1.39. The van der Waals surface area contributed by atoms with E-state index in [1.54, 1.807) is 17.7 Å². The first-order valence-corrected chi connectivity index (χ1v) is 6.32. The van der Waals surface area contributed by atoms with E-state index in [-0.39, 0.29) is 0 Å². The van der Waals surface area contributed by atoms with Gasteiger partial charge < -0.3 is 0 Å². The average molecular weight is 271 g/mol. The summed E-state index contributed by atoms with van der Waals surface area (Å²) in [7, 11) is 0. The molecule has 0 aliphatic heterocycles. The molecule has 0 radical (unpaired) electrons. The van der Waals surface area contributed by atoms with E-state index in [4.69, 9.17) is 0 Å². The quantitative estimate of drug-likeness (QED) is 0.780. The van der Waals surface area contributed by atoms with Crippen LogP contribution in [0.1, 0.15) is 25.5 Å². The molecule has 2 unspecified atom stereocenters. The van der Waals surface area contributed by atoms with E-state index < -0.39 is 0 Å². The van der Waals surface area contributed by atoms with Crippen molar-refractivity contribution in [1.82, 2.24) is 9.97 Å². The van der Waals surface area contributed by atoms with E-state index in [2.05, 4.69) is 51.2 Å². The molecule has 14 heavy (non-hydrogen) atoms. The highest BCUT2D eigenvalue weighted by molar-refractivity contribution is 9.09. The maximum absolute atomic E-state index is 4.37. The van der Waals surface area contributed by atoms with Gasteiger partial charge in [-0.05, 0) is 11.4 Å². The fourth-order valence-corrected chi connectivity index (χ4v) is 2.38. The summed E-state index contributed by atoms with van der Waals surface area (Å²) in [6.07, 6.45) is 1.65. The van der Waals surface area contributed by atoms with Gasteiger partial charge in [0.05, 0.1) is 5.69 Å². The maximum atomic E-state index is 4.37. The molecule has 0 fully saturated rings. The normalized spacial score (nSPS) is 15.6. The first-order valence-electron chi connectivity index (χ1n) is 4.52. The molecule has 4 heteroatoms. The molecule has 0 bridgehead atoms. The zero-order chi connectivity index (χ0) is 10.1. The Morgan fingerprint density at radius 3 is 2.86 bits per heavy atom. The second-order valence-electron chi connectivity index (χ2n) is 3.36. The van der Waals surface area contributed by atoms with Gasteiger partial charge in [0.1, 0.15) is 11.2 Å². The van der Waals surface area contributed by atoms with Gasteiger partial charge in [-0.3, -0.25) is 0 Å². The third-order valence-electron chi connectivity index (χ3n) is 2.41. The van der Waals surface area contributed by atoms with Gasteiger partial charge in [0.2, 0.25) is 0 Å². The molecule has 0 spiro atoms. The van der Waals surface area contributed by atoms with Gasteiger partial charge in [-0.25, -0.2) is 9.97 Å². The largest absolute Gasteiger partial charge is 0.240 e. The molecular weight excluding hydrogens is 260 g/mol. The summed E-state index contributed by atoms with van der Waals surface area (Å²) in [5, 5.41) is 3.25. The second-order valence-corrected chi connectivity index (χ2v) is 5.70. The summed E-state index contributed by atoms with van der Waals surface area (Å²) >= 11 is 5.26. The minimum atomic E-state index is 0.412. The lowest BCUT2D eigenvalue weighted by molar-refractivity contribution is 0.739. The molecule has 2 aromatic heterocycles. The van der Waals surface area contributed by atoms with Gasteiger partial charge in [-0.1, -0.05) is 29.8 Å². The highest BCUT2D eigenvalue weighted by atomic mass is 79.9. The molecule has 2 rings (SSSR count). The average Bonchev–Trinajstić information content (AvgIpc) is 2.63. The van der Waals surface area contributed by atoms with Crippen LogP contribution in [0, 0.1) is 0 Å². The molecule has 0 aliphatic carbocycles. The molecule has 0 aromatic carbocycles. The van der Waals surface area contributed by atoms with Crippen molar-refractivity contribution in [2.45, 2.75) is 24.6 Å². The molecule has 0 amide bonds. The van der Waals surface area contributed by atoms with Crippen molar-refractivity contribution in [3.63, 3.8) is 0 Å². The Labute approximate surface area is 95.5 Å². The summed E-state index contributed by atoms with van der Waals surface area (Å²) in [5.41, 5.74) is 1.14. The first kappa shape index (κ1) is 10.1. The Morgan fingerprint density at radius 1 is 1.36 bits per heavy atom. The highest BCUT2D eigenvalue weighted by Gasteiger charge is 2.16. The van der Waals surface area contributed by atoms with E-state index in [9.17, 15) is 0 Å². The number of thiophene rings is 1. The number of alkyl halides is 1. The number of aromatic nitrogens is 2. The van der Waals surface area contributed by atoms with E-state index in [1.807, 2.05) is 0 Å². The number of hydrogen-bond acceptors (Lipinski definition) is 3. The zero-order valence-electron chi connectivity index (χ0n) is 8.07. The monoisotopic (exact) mass is 270 g/mol. The molecule has 0 saturated carbocycles. The van der Waals surface area contributed by atoms with E-state index in [1.165, 1.54) is 5.39 Å². The molecule has 2 nitrogen and oxygen atoms in total. The van der Waals surface area contributed by atoms with Crippen LogP contribution in [0.15, 0.2) is 17.8 Å². The predicted molar refractivity (Wildman–Crippen MR) is 64.2 cm³/mol. The standard InChI is InChI=1S/C10H11BrN2S/c1-6(7(2)11)9-8-3-4-14-10(8)13-5-12-9/h3-7H,1-2H3. The summed E-state index contributed by atoms with van der Waals surface area (Å²) < 4.78 is 0. The fraction of sp³-hybridized carbons (Fsp3) is 0.400. The topological polar surface area (TPSA) is 25.8 Å². The lowest BCUT2D eigenvalue weighted by atomic mass is 10.0. The Balaban J connectivity index is 2.56. The van der Waals surface area contributed by atoms with E-state index in [0.29, 0.717) is 10.7 Å². The molecule has 0 N–H and O–H groups in total. The molecule has 0 aliphatic rings. The van der Waals surface area contributed by atoms with Crippen molar-refractivity contribution in [2.24, 2.45) is 0 Å². The lowest BCUT2D eigenvalue weighted by Crippen LogP contribution is -2.07. The highest BCUT2D eigenvalue weighted by Crippen LogP contribution is 2.29. The summed E-state index contributed by atoms with van der Waals surface area (Å²) in [6, 6.07) is 2.10. The van der Waals surface area contributed by atoms with Crippen LogP contribution in [-0.2, 0) is 0 Å². The Kier molecular flexibility index (Phi) is 2.83. The third-order valence-corrected chi connectivity index (χ3v) is 4.03. The van der Waals surface area contributed by atoms with Crippen molar-refractivity contribution in [2.75, 3.05) is 0 Å². The summed E-state index contributed by atoms with van der Waals surface area (Å²) in [4.78, 5) is 10.1. The van der Waals surface area contributed by atoms with Crippen LogP contribution in [0.25, 0.3) is 10.2 Å². The summed E-state index contributed by atoms with van der Waals surface area (Å²) in [6.45, 7) is 4.32. The Bertz CT molecular complexity index is 438. The van der Waals surface area contributed by atoms with Crippen LogP contribution < -0.4 is 0 Å². The lowest BCUT2D eigenvalue weighted by Gasteiger charge is -2.13.